The molecule has 40 heavy (non-hydrogen) atoms. The fraction of sp³-hybridized carbons (Fsp3) is 0.241. The maximum Gasteiger partial charge on any atom is 0.389 e. The highest BCUT2D eigenvalue weighted by atomic mass is 19.4. The van der Waals surface area contributed by atoms with Gasteiger partial charge in [-0.2, -0.15) is 13.2 Å². The molecule has 2 atom stereocenters. The average Bonchev–Trinajstić information content (AvgIpc) is 3.04. The molecule has 4 N–H and O–H groups in total. The molecule has 0 aromatic heterocycles. The molecular weight excluding hydrogens is 528 g/mol. The number of para-hydroxylation sites is 1. The Kier molecular flexibility index (Phi) is 10.1. The molecule has 1 aliphatic heterocycles. The van der Waals surface area contributed by atoms with E-state index in [0.717, 1.165) is 0 Å². The van der Waals surface area contributed by atoms with E-state index in [1.807, 2.05) is 36.4 Å². The maximum absolute atomic E-state index is 13.9. The number of hydrogen-bond acceptors (Lipinski definition) is 4. The highest BCUT2D eigenvalue weighted by Gasteiger charge is 2.34. The van der Waals surface area contributed by atoms with Crippen LogP contribution in [0.1, 0.15) is 36.0 Å². The Morgan fingerprint density at radius 3 is 2.23 bits per heavy atom. The van der Waals surface area contributed by atoms with E-state index in [1.165, 1.54) is 18.2 Å². The number of aliphatic imine (C=N–C) groups is 1. The zero-order valence-corrected chi connectivity index (χ0v) is 21.5. The summed E-state index contributed by atoms with van der Waals surface area (Å²) in [6, 6.07) is 22.6. The summed E-state index contributed by atoms with van der Waals surface area (Å²) >= 11 is 0. The van der Waals surface area contributed by atoms with Crippen LogP contribution in [0.2, 0.25) is 0 Å². The van der Waals surface area contributed by atoms with Gasteiger partial charge >= 0.3 is 6.18 Å². The number of benzodiazepines with no additional fused rings is 1. The number of fused-ring (bicyclic) bond motifs is 1. The molecule has 0 saturated heterocycles. The number of benzene rings is 3. The second kappa shape index (κ2) is 13.5. The molecular formula is C29H28F4N4O3. The summed E-state index contributed by atoms with van der Waals surface area (Å²) in [7, 11) is 0. The number of aryl methyl sites for hydroxylation is 1. The van der Waals surface area contributed by atoms with Crippen molar-refractivity contribution in [2.75, 3.05) is 5.32 Å². The molecule has 3 aromatic rings. The number of primary amides is 1. The first-order valence-electron chi connectivity index (χ1n) is 12.3. The van der Waals surface area contributed by atoms with Crippen LogP contribution < -0.4 is 16.4 Å². The summed E-state index contributed by atoms with van der Waals surface area (Å²) < 4.78 is 52.0. The summed E-state index contributed by atoms with van der Waals surface area (Å²) in [5.41, 5.74) is 7.18. The molecule has 210 valence electrons. The molecule has 0 radical (unpaired) electrons. The van der Waals surface area contributed by atoms with E-state index in [1.54, 1.807) is 31.2 Å². The molecule has 0 fully saturated rings. The third-order valence-corrected chi connectivity index (χ3v) is 5.92. The van der Waals surface area contributed by atoms with E-state index in [4.69, 9.17) is 5.73 Å². The van der Waals surface area contributed by atoms with Crippen LogP contribution in [0, 0.1) is 18.7 Å². The summed E-state index contributed by atoms with van der Waals surface area (Å²) in [5, 5.41) is 4.97. The van der Waals surface area contributed by atoms with Gasteiger partial charge < -0.3 is 16.4 Å². The van der Waals surface area contributed by atoms with Crippen LogP contribution in [-0.4, -0.2) is 35.8 Å². The maximum atomic E-state index is 13.9. The first-order valence-corrected chi connectivity index (χ1v) is 12.3. The third kappa shape index (κ3) is 8.75. The van der Waals surface area contributed by atoms with Crippen molar-refractivity contribution in [1.82, 2.24) is 5.32 Å². The van der Waals surface area contributed by atoms with Gasteiger partial charge in [-0.25, -0.2) is 9.38 Å². The topological polar surface area (TPSA) is 114 Å². The lowest BCUT2D eigenvalue weighted by molar-refractivity contribution is -0.143. The van der Waals surface area contributed by atoms with Gasteiger partial charge in [-0.15, -0.1) is 0 Å². The monoisotopic (exact) mass is 556 g/mol. The van der Waals surface area contributed by atoms with Crippen LogP contribution in [-0.2, 0) is 14.4 Å². The predicted octanol–water partition coefficient (Wildman–Crippen LogP) is 4.89. The van der Waals surface area contributed by atoms with E-state index >= 15 is 0 Å². The predicted molar refractivity (Wildman–Crippen MR) is 143 cm³/mol. The van der Waals surface area contributed by atoms with Gasteiger partial charge in [0.2, 0.25) is 18.0 Å². The fourth-order valence-electron chi connectivity index (χ4n) is 3.99. The molecule has 3 aromatic carbocycles. The second-order valence-electron chi connectivity index (χ2n) is 9.06. The Balaban J connectivity index is 0.000000649. The van der Waals surface area contributed by atoms with Gasteiger partial charge in [-0.1, -0.05) is 66.7 Å². The highest BCUT2D eigenvalue weighted by Crippen LogP contribution is 2.28. The van der Waals surface area contributed by atoms with Crippen LogP contribution in [0.15, 0.2) is 83.9 Å². The standard InChI is InChI=1S/C23H22F4N4O3.C6H6/c1-12-4-2-7-16-18(12)30-22(34)20(29-19(16)13-5-3-6-15(24)10-13)31-21(33)14(11-17(28)32)8-9-23(25,26)27;1-2-4-6-5-3-1/h2-7,10,14,20H,8-9,11H2,1H3,(H2,28,32)(H,30,34)(H,31,33);1-6H. The molecule has 11 heteroatoms. The Bertz CT molecular complexity index is 1350. The van der Waals surface area contributed by atoms with Gasteiger partial charge in [0.15, 0.2) is 0 Å². The minimum atomic E-state index is -4.54. The van der Waals surface area contributed by atoms with Gasteiger partial charge in [-0.05, 0) is 31.0 Å². The van der Waals surface area contributed by atoms with E-state index < -0.39 is 61.1 Å². The molecule has 0 saturated carbocycles. The normalized spacial score (nSPS) is 15.3. The average molecular weight is 557 g/mol. The molecule has 1 aliphatic rings. The summed E-state index contributed by atoms with van der Waals surface area (Å²) in [4.78, 5) is 41.3. The Hall–Kier alpha value is -4.54. The Morgan fingerprint density at radius 2 is 1.65 bits per heavy atom. The quantitative estimate of drug-likeness (QED) is 0.360. The molecule has 7 nitrogen and oxygen atoms in total. The minimum absolute atomic E-state index is 0.198. The summed E-state index contributed by atoms with van der Waals surface area (Å²) in [6.45, 7) is 1.74. The number of hydrogen-bond donors (Lipinski definition) is 3. The lowest BCUT2D eigenvalue weighted by Gasteiger charge is -2.19. The molecule has 3 amide bonds. The molecule has 0 aliphatic carbocycles. The van der Waals surface area contributed by atoms with Crippen LogP contribution in [0.3, 0.4) is 0 Å². The molecule has 1 heterocycles. The summed E-state index contributed by atoms with van der Waals surface area (Å²) in [6.07, 6.45) is -8.71. The van der Waals surface area contributed by atoms with Crippen molar-refractivity contribution >= 4 is 29.1 Å². The number of carbonyl (C=O) groups is 3. The molecule has 4 rings (SSSR count). The number of nitrogens with two attached hydrogens (primary N) is 1. The van der Waals surface area contributed by atoms with Crippen molar-refractivity contribution in [3.05, 3.63) is 101 Å². The van der Waals surface area contributed by atoms with Crippen LogP contribution in [0.5, 0.6) is 0 Å². The largest absolute Gasteiger partial charge is 0.389 e. The van der Waals surface area contributed by atoms with E-state index in [2.05, 4.69) is 15.6 Å². The fourth-order valence-corrected chi connectivity index (χ4v) is 3.99. The van der Waals surface area contributed by atoms with Gasteiger partial charge in [0.1, 0.15) is 5.82 Å². The lowest BCUT2D eigenvalue weighted by atomic mass is 9.97. The minimum Gasteiger partial charge on any atom is -0.370 e. The third-order valence-electron chi connectivity index (χ3n) is 5.92. The van der Waals surface area contributed by atoms with E-state index in [9.17, 15) is 31.9 Å². The van der Waals surface area contributed by atoms with Crippen LogP contribution >= 0.6 is 0 Å². The first kappa shape index (κ1) is 30.0. The summed E-state index contributed by atoms with van der Waals surface area (Å²) in [5.74, 6) is -4.64. The van der Waals surface area contributed by atoms with Crippen molar-refractivity contribution in [2.24, 2.45) is 16.6 Å². The SMILES string of the molecule is Cc1cccc2c1NC(=O)C(NC(=O)C(CCC(F)(F)F)CC(N)=O)N=C2c1cccc(F)c1.c1ccccc1. The zero-order chi connectivity index (χ0) is 29.3. The van der Waals surface area contributed by atoms with Crippen molar-refractivity contribution in [2.45, 2.75) is 38.5 Å². The highest BCUT2D eigenvalue weighted by molar-refractivity contribution is 6.20. The number of carbonyl (C=O) groups excluding carboxylic acids is 3. The Labute approximate surface area is 228 Å². The van der Waals surface area contributed by atoms with Gasteiger partial charge in [0.25, 0.3) is 5.91 Å². The van der Waals surface area contributed by atoms with E-state index in [0.29, 0.717) is 22.4 Å². The number of anilines is 1. The van der Waals surface area contributed by atoms with Gasteiger partial charge in [0.05, 0.1) is 11.4 Å². The molecule has 0 spiro atoms. The van der Waals surface area contributed by atoms with Crippen LogP contribution in [0.25, 0.3) is 0 Å². The van der Waals surface area contributed by atoms with Crippen molar-refractivity contribution in [1.29, 1.82) is 0 Å². The van der Waals surface area contributed by atoms with Crippen molar-refractivity contribution in [3.8, 4) is 0 Å². The number of amides is 3. The Morgan fingerprint density at radius 1 is 1.02 bits per heavy atom. The van der Waals surface area contributed by atoms with Crippen molar-refractivity contribution in [3.63, 3.8) is 0 Å². The van der Waals surface area contributed by atoms with Gasteiger partial charge in [0, 0.05) is 29.9 Å². The van der Waals surface area contributed by atoms with Crippen LogP contribution in [0.4, 0.5) is 23.2 Å². The lowest BCUT2D eigenvalue weighted by Crippen LogP contribution is -2.45. The van der Waals surface area contributed by atoms with E-state index in [-0.39, 0.29) is 5.71 Å². The number of alkyl halides is 3. The zero-order valence-electron chi connectivity index (χ0n) is 21.5. The van der Waals surface area contributed by atoms with Gasteiger partial charge in [-0.3, -0.25) is 14.4 Å². The molecule has 0 bridgehead atoms. The molecule has 2 unspecified atom stereocenters. The smallest absolute Gasteiger partial charge is 0.370 e. The number of nitrogens with zero attached hydrogens (tertiary/aromatic N) is 1. The van der Waals surface area contributed by atoms with Crippen molar-refractivity contribution < 1.29 is 31.9 Å². The first-order chi connectivity index (χ1) is 18.9. The number of rotatable bonds is 7. The number of halogens is 4. The second-order valence-corrected chi connectivity index (χ2v) is 9.06. The number of nitrogens with one attached hydrogen (secondary N) is 2.